The molecule has 2 aliphatic rings. The third kappa shape index (κ3) is 4.18. The summed E-state index contributed by atoms with van der Waals surface area (Å²) in [5.74, 6) is 0.252. The van der Waals surface area contributed by atoms with Crippen LogP contribution in [0.15, 0.2) is 30.3 Å². The van der Waals surface area contributed by atoms with Crippen LogP contribution in [0.3, 0.4) is 0 Å². The maximum absolute atomic E-state index is 12.9. The van der Waals surface area contributed by atoms with Gasteiger partial charge in [0.15, 0.2) is 0 Å². The molecule has 3 nitrogen and oxygen atoms in total. The number of carbonyl (C=O) groups is 1. The molecular weight excluding hydrogens is 296 g/mol. The van der Waals surface area contributed by atoms with Crippen LogP contribution in [-0.2, 0) is 10.2 Å². The van der Waals surface area contributed by atoms with Crippen molar-refractivity contribution in [2.45, 2.75) is 63.2 Å². The zero-order valence-electron chi connectivity index (χ0n) is 14.9. The van der Waals surface area contributed by atoms with Crippen LogP contribution in [0.2, 0.25) is 0 Å². The Bertz CT molecular complexity index is 500. The molecule has 3 heteroatoms. The predicted octanol–water partition coefficient (Wildman–Crippen LogP) is 3.88. The van der Waals surface area contributed by atoms with Crippen LogP contribution >= 0.6 is 0 Å². The van der Waals surface area contributed by atoms with Gasteiger partial charge in [0, 0.05) is 6.54 Å². The standard InChI is InChI=1S/C21H32N2O/c24-20(22-15-10-18-23-16-8-1-2-9-17-23)21(13-6-7-14-21)19-11-4-3-5-12-19/h3-5,11-12H,1-2,6-10,13-18H2,(H,22,24). The first kappa shape index (κ1) is 17.5. The third-order valence-electron chi connectivity index (χ3n) is 5.85. The highest BCUT2D eigenvalue weighted by molar-refractivity contribution is 5.88. The van der Waals surface area contributed by atoms with Crippen LogP contribution < -0.4 is 5.32 Å². The van der Waals surface area contributed by atoms with Gasteiger partial charge in [-0.1, -0.05) is 56.0 Å². The van der Waals surface area contributed by atoms with Crippen LogP contribution in [0.4, 0.5) is 0 Å². The van der Waals surface area contributed by atoms with Gasteiger partial charge in [-0.25, -0.2) is 0 Å². The van der Waals surface area contributed by atoms with Gasteiger partial charge in [-0.05, 0) is 57.3 Å². The highest BCUT2D eigenvalue weighted by Gasteiger charge is 2.42. The minimum Gasteiger partial charge on any atom is -0.355 e. The van der Waals surface area contributed by atoms with Gasteiger partial charge in [0.1, 0.15) is 0 Å². The van der Waals surface area contributed by atoms with Crippen molar-refractivity contribution in [2.75, 3.05) is 26.2 Å². The molecule has 1 aliphatic heterocycles. The van der Waals surface area contributed by atoms with Gasteiger partial charge in [-0.2, -0.15) is 0 Å². The van der Waals surface area contributed by atoms with Crippen molar-refractivity contribution >= 4 is 5.91 Å². The lowest BCUT2D eigenvalue weighted by atomic mass is 9.78. The maximum Gasteiger partial charge on any atom is 0.230 e. The van der Waals surface area contributed by atoms with Crippen LogP contribution in [0.1, 0.15) is 63.4 Å². The second-order valence-electron chi connectivity index (χ2n) is 7.52. The highest BCUT2D eigenvalue weighted by Crippen LogP contribution is 2.41. The Morgan fingerprint density at radius 1 is 0.958 bits per heavy atom. The number of rotatable bonds is 6. The van der Waals surface area contributed by atoms with E-state index in [1.54, 1.807) is 0 Å². The van der Waals surface area contributed by atoms with Crippen LogP contribution in [0, 0.1) is 0 Å². The number of likely N-dealkylation sites (tertiary alicyclic amines) is 1. The van der Waals surface area contributed by atoms with E-state index in [2.05, 4.69) is 34.5 Å². The minimum atomic E-state index is -0.274. The molecule has 1 saturated heterocycles. The van der Waals surface area contributed by atoms with Crippen molar-refractivity contribution in [2.24, 2.45) is 0 Å². The van der Waals surface area contributed by atoms with Gasteiger partial charge in [0.05, 0.1) is 5.41 Å². The van der Waals surface area contributed by atoms with Crippen LogP contribution in [0.25, 0.3) is 0 Å². The molecule has 1 aromatic carbocycles. The van der Waals surface area contributed by atoms with Gasteiger partial charge in [-0.3, -0.25) is 4.79 Å². The van der Waals surface area contributed by atoms with E-state index in [0.29, 0.717) is 0 Å². The summed E-state index contributed by atoms with van der Waals surface area (Å²) in [6.45, 7) is 4.41. The fourth-order valence-corrected chi connectivity index (χ4v) is 4.42. The summed E-state index contributed by atoms with van der Waals surface area (Å²) in [6.07, 6.45) is 10.8. The monoisotopic (exact) mass is 328 g/mol. The van der Waals surface area contributed by atoms with E-state index >= 15 is 0 Å². The van der Waals surface area contributed by atoms with Crippen LogP contribution in [-0.4, -0.2) is 37.0 Å². The average Bonchev–Trinajstić information content (AvgIpc) is 2.99. The van der Waals surface area contributed by atoms with E-state index in [9.17, 15) is 4.79 Å². The number of nitrogens with one attached hydrogen (secondary N) is 1. The molecule has 2 fully saturated rings. The normalized spacial score (nSPS) is 21.3. The smallest absolute Gasteiger partial charge is 0.230 e. The van der Waals surface area contributed by atoms with Gasteiger partial charge < -0.3 is 10.2 Å². The lowest BCUT2D eigenvalue weighted by Gasteiger charge is -2.28. The number of nitrogens with zero attached hydrogens (tertiary/aromatic N) is 1. The molecule has 3 rings (SSSR count). The molecule has 0 aromatic heterocycles. The molecule has 1 amide bonds. The SMILES string of the molecule is O=C(NCCCN1CCCCCC1)C1(c2ccccc2)CCCC1. The minimum absolute atomic E-state index is 0.252. The van der Waals surface area contributed by atoms with Gasteiger partial charge in [0.2, 0.25) is 5.91 Å². The number of amides is 1. The first-order chi connectivity index (χ1) is 11.8. The van der Waals surface area contributed by atoms with Crippen molar-refractivity contribution < 1.29 is 4.79 Å². The molecular formula is C21H32N2O. The average molecular weight is 329 g/mol. The molecule has 0 radical (unpaired) electrons. The Morgan fingerprint density at radius 3 is 2.29 bits per heavy atom. The first-order valence-electron chi connectivity index (χ1n) is 9.87. The topological polar surface area (TPSA) is 32.3 Å². The molecule has 1 aliphatic carbocycles. The summed E-state index contributed by atoms with van der Waals surface area (Å²) in [5, 5.41) is 3.25. The second kappa shape index (κ2) is 8.66. The summed E-state index contributed by atoms with van der Waals surface area (Å²) >= 11 is 0. The highest BCUT2D eigenvalue weighted by atomic mass is 16.2. The van der Waals surface area contributed by atoms with E-state index in [1.807, 2.05) is 6.07 Å². The molecule has 0 unspecified atom stereocenters. The summed E-state index contributed by atoms with van der Waals surface area (Å²) in [5.41, 5.74) is 0.927. The van der Waals surface area contributed by atoms with Crippen LogP contribution in [0.5, 0.6) is 0 Å². The third-order valence-corrected chi connectivity index (χ3v) is 5.85. The second-order valence-corrected chi connectivity index (χ2v) is 7.52. The number of hydrogen-bond acceptors (Lipinski definition) is 2. The van der Waals surface area contributed by atoms with Crippen molar-refractivity contribution in [3.05, 3.63) is 35.9 Å². The fourth-order valence-electron chi connectivity index (χ4n) is 4.42. The maximum atomic E-state index is 12.9. The zero-order valence-corrected chi connectivity index (χ0v) is 14.9. The summed E-state index contributed by atoms with van der Waals surface area (Å²) in [6, 6.07) is 10.4. The Kier molecular flexibility index (Phi) is 6.30. The molecule has 1 heterocycles. The first-order valence-corrected chi connectivity index (χ1v) is 9.87. The Hall–Kier alpha value is -1.35. The quantitative estimate of drug-likeness (QED) is 0.804. The van der Waals surface area contributed by atoms with Crippen molar-refractivity contribution in [3.8, 4) is 0 Å². The molecule has 0 bridgehead atoms. The fraction of sp³-hybridized carbons (Fsp3) is 0.667. The van der Waals surface area contributed by atoms with Crippen molar-refractivity contribution in [1.29, 1.82) is 0 Å². The molecule has 1 saturated carbocycles. The largest absolute Gasteiger partial charge is 0.355 e. The van der Waals surface area contributed by atoms with Crippen molar-refractivity contribution in [3.63, 3.8) is 0 Å². The van der Waals surface area contributed by atoms with Gasteiger partial charge in [0.25, 0.3) is 0 Å². The number of benzene rings is 1. The Balaban J connectivity index is 1.49. The van der Waals surface area contributed by atoms with E-state index in [1.165, 1.54) is 44.3 Å². The molecule has 1 aromatic rings. The number of carbonyl (C=O) groups excluding carboxylic acids is 1. The molecule has 1 N–H and O–H groups in total. The summed E-state index contributed by atoms with van der Waals surface area (Å²) in [4.78, 5) is 15.5. The van der Waals surface area contributed by atoms with Crippen molar-refractivity contribution in [1.82, 2.24) is 10.2 Å². The van der Waals surface area contributed by atoms with E-state index in [4.69, 9.17) is 0 Å². The zero-order chi connectivity index (χ0) is 16.7. The lowest BCUT2D eigenvalue weighted by Crippen LogP contribution is -2.43. The molecule has 24 heavy (non-hydrogen) atoms. The molecule has 0 atom stereocenters. The summed E-state index contributed by atoms with van der Waals surface area (Å²) in [7, 11) is 0. The Labute approximate surface area is 146 Å². The lowest BCUT2D eigenvalue weighted by molar-refractivity contribution is -0.126. The predicted molar refractivity (Wildman–Crippen MR) is 99.1 cm³/mol. The van der Waals surface area contributed by atoms with E-state index < -0.39 is 0 Å². The molecule has 0 spiro atoms. The van der Waals surface area contributed by atoms with E-state index in [0.717, 1.165) is 45.2 Å². The van der Waals surface area contributed by atoms with E-state index in [-0.39, 0.29) is 11.3 Å². The number of hydrogen-bond donors (Lipinski definition) is 1. The Morgan fingerprint density at radius 2 is 1.62 bits per heavy atom. The summed E-state index contributed by atoms with van der Waals surface area (Å²) < 4.78 is 0. The van der Waals surface area contributed by atoms with Gasteiger partial charge in [-0.15, -0.1) is 0 Å². The van der Waals surface area contributed by atoms with Gasteiger partial charge >= 0.3 is 0 Å². The molecule has 132 valence electrons.